The molecule has 2 aromatic rings. The largest absolute Gasteiger partial charge is 0.493 e. The molecule has 28 heavy (non-hydrogen) atoms. The van der Waals surface area contributed by atoms with Gasteiger partial charge in [-0.2, -0.15) is 0 Å². The van der Waals surface area contributed by atoms with Crippen molar-refractivity contribution in [2.45, 2.75) is 32.8 Å². The Bertz CT molecular complexity index is 902. The quantitative estimate of drug-likeness (QED) is 0.402. The average Bonchev–Trinajstić information content (AvgIpc) is 2.70. The summed E-state index contributed by atoms with van der Waals surface area (Å²) in [7, 11) is 1.57. The Balaban J connectivity index is 1.77. The number of nitro groups is 1. The molecule has 0 unspecified atom stereocenters. The van der Waals surface area contributed by atoms with Gasteiger partial charge in [-0.3, -0.25) is 14.9 Å². The van der Waals surface area contributed by atoms with Crippen LogP contribution < -0.4 is 9.47 Å². The highest BCUT2D eigenvalue weighted by atomic mass is 16.6. The number of hydrogen-bond donors (Lipinski definition) is 0. The minimum absolute atomic E-state index is 0.0429. The Labute approximate surface area is 163 Å². The van der Waals surface area contributed by atoms with Crippen LogP contribution in [0.15, 0.2) is 48.0 Å². The summed E-state index contributed by atoms with van der Waals surface area (Å²) in [5.74, 6) is 1.45. The zero-order chi connectivity index (χ0) is 20.1. The lowest BCUT2D eigenvalue weighted by Crippen LogP contribution is -2.18. The lowest BCUT2D eigenvalue weighted by atomic mass is 9.84. The van der Waals surface area contributed by atoms with E-state index in [1.807, 2.05) is 31.2 Å². The van der Waals surface area contributed by atoms with Gasteiger partial charge in [0.15, 0.2) is 17.3 Å². The Kier molecular flexibility index (Phi) is 6.09. The lowest BCUT2D eigenvalue weighted by Gasteiger charge is -2.19. The molecule has 1 fully saturated rings. The van der Waals surface area contributed by atoms with E-state index >= 15 is 0 Å². The molecule has 2 aromatic carbocycles. The number of allylic oxidation sites excluding steroid dienone is 1. The molecule has 0 amide bonds. The summed E-state index contributed by atoms with van der Waals surface area (Å²) in [5, 5.41) is 10.7. The van der Waals surface area contributed by atoms with Crippen LogP contribution in [0.2, 0.25) is 0 Å². The SMILES string of the molecule is COc1ccc(/C=C2\CCC[C@H](C)C2=O)cc1OCc1ccc([N+](=O)[O-])cc1. The molecule has 0 N–H and O–H groups in total. The number of carbonyl (C=O) groups excluding carboxylic acids is 1. The van der Waals surface area contributed by atoms with E-state index in [4.69, 9.17) is 9.47 Å². The molecule has 0 aliphatic heterocycles. The molecule has 1 saturated carbocycles. The van der Waals surface area contributed by atoms with Crippen LogP contribution >= 0.6 is 0 Å². The first-order valence-electron chi connectivity index (χ1n) is 9.27. The molecule has 0 bridgehead atoms. The van der Waals surface area contributed by atoms with E-state index in [0.29, 0.717) is 11.5 Å². The van der Waals surface area contributed by atoms with E-state index in [1.54, 1.807) is 19.2 Å². The van der Waals surface area contributed by atoms with Crippen molar-refractivity contribution in [2.75, 3.05) is 7.11 Å². The van der Waals surface area contributed by atoms with Gasteiger partial charge in [0.25, 0.3) is 5.69 Å². The van der Waals surface area contributed by atoms with Crippen LogP contribution in [0.5, 0.6) is 11.5 Å². The van der Waals surface area contributed by atoms with Gasteiger partial charge >= 0.3 is 0 Å². The maximum Gasteiger partial charge on any atom is 0.269 e. The third-order valence-corrected chi connectivity index (χ3v) is 4.92. The number of benzene rings is 2. The van der Waals surface area contributed by atoms with E-state index in [1.165, 1.54) is 12.1 Å². The summed E-state index contributed by atoms with van der Waals surface area (Å²) in [6.45, 7) is 2.23. The second kappa shape index (κ2) is 8.69. The third kappa shape index (κ3) is 4.57. The number of ketones is 1. The number of rotatable bonds is 6. The lowest BCUT2D eigenvalue weighted by molar-refractivity contribution is -0.384. The molecule has 3 rings (SSSR count). The van der Waals surface area contributed by atoms with Crippen molar-refractivity contribution in [3.05, 3.63) is 69.3 Å². The molecule has 1 aliphatic carbocycles. The predicted molar refractivity (Wildman–Crippen MR) is 106 cm³/mol. The van der Waals surface area contributed by atoms with Crippen molar-refractivity contribution >= 4 is 17.5 Å². The number of ether oxygens (including phenoxy) is 2. The van der Waals surface area contributed by atoms with Crippen molar-refractivity contribution in [3.63, 3.8) is 0 Å². The fourth-order valence-corrected chi connectivity index (χ4v) is 3.28. The summed E-state index contributed by atoms with van der Waals surface area (Å²) in [4.78, 5) is 22.7. The van der Waals surface area contributed by atoms with Crippen molar-refractivity contribution < 1.29 is 19.2 Å². The summed E-state index contributed by atoms with van der Waals surface area (Å²) < 4.78 is 11.2. The van der Waals surface area contributed by atoms with Crippen molar-refractivity contribution in [2.24, 2.45) is 5.92 Å². The van der Waals surface area contributed by atoms with Gasteiger partial charge in [-0.15, -0.1) is 0 Å². The summed E-state index contributed by atoms with van der Waals surface area (Å²) in [6.07, 6.45) is 4.70. The standard InChI is InChI=1S/C22H23NO5/c1-15-4-3-5-18(22(15)24)12-17-8-11-20(27-2)21(13-17)28-14-16-6-9-19(10-7-16)23(25)26/h6-13,15H,3-5,14H2,1-2H3/b18-12+/t15-/m0/s1. The molecule has 0 heterocycles. The first-order valence-corrected chi connectivity index (χ1v) is 9.27. The zero-order valence-electron chi connectivity index (χ0n) is 16.0. The Hall–Kier alpha value is -3.15. The summed E-state index contributed by atoms with van der Waals surface area (Å²) in [5.41, 5.74) is 2.59. The second-order valence-electron chi connectivity index (χ2n) is 6.95. The van der Waals surface area contributed by atoms with E-state index < -0.39 is 4.92 Å². The highest BCUT2D eigenvalue weighted by molar-refractivity contribution is 6.01. The van der Waals surface area contributed by atoms with E-state index in [-0.39, 0.29) is 24.0 Å². The van der Waals surface area contributed by atoms with Crippen LogP contribution in [0.3, 0.4) is 0 Å². The molecule has 0 spiro atoms. The number of Topliss-reactive ketones (excluding diaryl/α,β-unsaturated/α-hetero) is 1. The summed E-state index contributed by atoms with van der Waals surface area (Å²) >= 11 is 0. The van der Waals surface area contributed by atoms with Gasteiger partial charge in [0.2, 0.25) is 0 Å². The van der Waals surface area contributed by atoms with Crippen molar-refractivity contribution in [1.29, 1.82) is 0 Å². The van der Waals surface area contributed by atoms with Crippen LogP contribution in [-0.2, 0) is 11.4 Å². The second-order valence-corrected chi connectivity index (χ2v) is 6.95. The van der Waals surface area contributed by atoms with Gasteiger partial charge in [-0.25, -0.2) is 0 Å². The molecule has 1 aliphatic rings. The number of carbonyl (C=O) groups is 1. The average molecular weight is 381 g/mol. The predicted octanol–water partition coefficient (Wildman–Crippen LogP) is 4.95. The molecule has 6 nitrogen and oxygen atoms in total. The minimum atomic E-state index is -0.432. The topological polar surface area (TPSA) is 78.7 Å². The van der Waals surface area contributed by atoms with Gasteiger partial charge in [0, 0.05) is 18.1 Å². The number of non-ortho nitro benzene ring substituents is 1. The fourth-order valence-electron chi connectivity index (χ4n) is 3.28. The van der Waals surface area contributed by atoms with Gasteiger partial charge in [-0.1, -0.05) is 13.0 Å². The maximum absolute atomic E-state index is 12.4. The Morgan fingerprint density at radius 2 is 1.93 bits per heavy atom. The monoisotopic (exact) mass is 381 g/mol. The molecule has 6 heteroatoms. The van der Waals surface area contributed by atoms with E-state index in [2.05, 4.69) is 0 Å². The highest BCUT2D eigenvalue weighted by Gasteiger charge is 2.22. The number of nitrogens with zero attached hydrogens (tertiary/aromatic N) is 1. The van der Waals surface area contributed by atoms with Gasteiger partial charge < -0.3 is 9.47 Å². The highest BCUT2D eigenvalue weighted by Crippen LogP contribution is 2.32. The molecule has 0 saturated heterocycles. The number of nitro benzene ring substituents is 1. The fraction of sp³-hybridized carbons (Fsp3) is 0.318. The number of methoxy groups -OCH3 is 1. The van der Waals surface area contributed by atoms with Crippen molar-refractivity contribution in [1.82, 2.24) is 0 Å². The maximum atomic E-state index is 12.4. The van der Waals surface area contributed by atoms with Gasteiger partial charge in [0.1, 0.15) is 6.61 Å². The first kappa shape index (κ1) is 19.6. The van der Waals surface area contributed by atoms with E-state index in [9.17, 15) is 14.9 Å². The normalized spacial score (nSPS) is 18.1. The molecule has 146 valence electrons. The van der Waals surface area contributed by atoms with Crippen LogP contribution in [0.4, 0.5) is 5.69 Å². The number of hydrogen-bond acceptors (Lipinski definition) is 5. The molecular formula is C22H23NO5. The zero-order valence-corrected chi connectivity index (χ0v) is 16.0. The van der Waals surface area contributed by atoms with Gasteiger partial charge in [-0.05, 0) is 66.3 Å². The van der Waals surface area contributed by atoms with Crippen LogP contribution in [-0.4, -0.2) is 17.8 Å². The smallest absolute Gasteiger partial charge is 0.269 e. The van der Waals surface area contributed by atoms with Crippen molar-refractivity contribution in [3.8, 4) is 11.5 Å². The van der Waals surface area contributed by atoms with Gasteiger partial charge in [0.05, 0.1) is 12.0 Å². The molecular weight excluding hydrogens is 358 g/mol. The summed E-state index contributed by atoms with van der Waals surface area (Å²) in [6, 6.07) is 11.8. The third-order valence-electron chi connectivity index (χ3n) is 4.92. The first-order chi connectivity index (χ1) is 13.5. The van der Waals surface area contributed by atoms with E-state index in [0.717, 1.165) is 36.0 Å². The Morgan fingerprint density at radius 1 is 1.18 bits per heavy atom. The molecule has 1 atom stereocenters. The van der Waals surface area contributed by atoms with Crippen LogP contribution in [0, 0.1) is 16.0 Å². The molecule has 0 aromatic heterocycles. The Morgan fingerprint density at radius 3 is 2.61 bits per heavy atom. The minimum Gasteiger partial charge on any atom is -0.493 e. The van der Waals surface area contributed by atoms with Crippen LogP contribution in [0.25, 0.3) is 6.08 Å². The van der Waals surface area contributed by atoms with Crippen LogP contribution in [0.1, 0.15) is 37.3 Å². The molecule has 0 radical (unpaired) electrons.